The Morgan fingerprint density at radius 2 is 2.00 bits per heavy atom. The van der Waals surface area contributed by atoms with E-state index >= 15 is 0 Å². The van der Waals surface area contributed by atoms with Crippen LogP contribution in [0, 0.1) is 0 Å². The largest absolute Gasteiger partial charge is 0.486 e. The van der Waals surface area contributed by atoms with Gasteiger partial charge in [0.15, 0.2) is 0 Å². The molecular formula is C12H12N2O3S. The maximum absolute atomic E-state index is 11.6. The van der Waals surface area contributed by atoms with Crippen LogP contribution in [0.25, 0.3) is 0 Å². The van der Waals surface area contributed by atoms with Crippen molar-refractivity contribution in [2.24, 2.45) is 5.73 Å². The Bertz CT molecular complexity index is 500. The number of imide groups is 1. The highest BCUT2D eigenvalue weighted by atomic mass is 32.1. The lowest BCUT2D eigenvalue weighted by Gasteiger charge is -2.15. The summed E-state index contributed by atoms with van der Waals surface area (Å²) in [5, 5.41) is 0. The second-order valence-corrected chi connectivity index (χ2v) is 4.40. The van der Waals surface area contributed by atoms with Crippen LogP contribution >= 0.6 is 12.2 Å². The van der Waals surface area contributed by atoms with E-state index in [0.29, 0.717) is 11.4 Å². The highest BCUT2D eigenvalue weighted by molar-refractivity contribution is 7.80. The molecule has 6 heteroatoms. The van der Waals surface area contributed by atoms with E-state index in [4.69, 9.17) is 22.7 Å². The molecule has 1 heterocycles. The van der Waals surface area contributed by atoms with Gasteiger partial charge in [-0.25, -0.2) is 0 Å². The summed E-state index contributed by atoms with van der Waals surface area (Å²) in [6.45, 7) is 0.126. The number of benzene rings is 1. The lowest BCUT2D eigenvalue weighted by atomic mass is 10.3. The molecule has 0 spiro atoms. The molecule has 1 aromatic carbocycles. The summed E-state index contributed by atoms with van der Waals surface area (Å²) in [5.41, 5.74) is 5.85. The van der Waals surface area contributed by atoms with Gasteiger partial charge in [0.2, 0.25) is 11.8 Å². The number of nitrogens with zero attached hydrogens (tertiary/aromatic N) is 1. The van der Waals surface area contributed by atoms with Gasteiger partial charge >= 0.3 is 0 Å². The van der Waals surface area contributed by atoms with E-state index < -0.39 is 0 Å². The highest BCUT2D eigenvalue weighted by Crippen LogP contribution is 2.26. The average molecular weight is 264 g/mol. The molecule has 0 unspecified atom stereocenters. The van der Waals surface area contributed by atoms with Gasteiger partial charge in [0.1, 0.15) is 17.3 Å². The third-order valence-electron chi connectivity index (χ3n) is 2.51. The summed E-state index contributed by atoms with van der Waals surface area (Å²) >= 11 is 4.71. The minimum atomic E-state index is -0.188. The lowest BCUT2D eigenvalue weighted by Crippen LogP contribution is -2.28. The van der Waals surface area contributed by atoms with Crippen molar-refractivity contribution in [3.05, 3.63) is 24.3 Å². The van der Waals surface area contributed by atoms with E-state index in [0.717, 1.165) is 0 Å². The predicted octanol–water partition coefficient (Wildman–Crippen LogP) is 1.00. The van der Waals surface area contributed by atoms with Crippen LogP contribution in [-0.4, -0.2) is 23.4 Å². The summed E-state index contributed by atoms with van der Waals surface area (Å²) in [4.78, 5) is 24.6. The van der Waals surface area contributed by atoms with Crippen molar-refractivity contribution in [2.75, 3.05) is 11.5 Å². The van der Waals surface area contributed by atoms with Gasteiger partial charge in [-0.3, -0.25) is 14.5 Å². The van der Waals surface area contributed by atoms with Crippen molar-refractivity contribution in [1.29, 1.82) is 0 Å². The molecule has 0 bridgehead atoms. The van der Waals surface area contributed by atoms with Crippen molar-refractivity contribution >= 4 is 34.7 Å². The zero-order valence-electron chi connectivity index (χ0n) is 9.59. The quantitative estimate of drug-likeness (QED) is 0.649. The first-order valence-electron chi connectivity index (χ1n) is 5.45. The van der Waals surface area contributed by atoms with Gasteiger partial charge in [-0.15, -0.1) is 0 Å². The van der Waals surface area contributed by atoms with Crippen molar-refractivity contribution in [3.8, 4) is 5.75 Å². The van der Waals surface area contributed by atoms with Crippen LogP contribution in [0.5, 0.6) is 5.75 Å². The number of amides is 2. The average Bonchev–Trinajstić information content (AvgIpc) is 2.67. The fraction of sp³-hybridized carbons (Fsp3) is 0.250. The first-order chi connectivity index (χ1) is 8.58. The zero-order chi connectivity index (χ0) is 13.1. The normalized spacial score (nSPS) is 15.0. The Labute approximate surface area is 110 Å². The van der Waals surface area contributed by atoms with Crippen molar-refractivity contribution in [3.63, 3.8) is 0 Å². The molecule has 0 saturated carbocycles. The number of nitrogens with two attached hydrogens (primary N) is 1. The summed E-state index contributed by atoms with van der Waals surface area (Å²) in [5.74, 6) is 0.144. The fourth-order valence-corrected chi connectivity index (χ4v) is 1.79. The smallest absolute Gasteiger partial charge is 0.234 e. The molecule has 2 N–H and O–H groups in total. The van der Waals surface area contributed by atoms with Crippen LogP contribution in [0.4, 0.5) is 5.69 Å². The molecule has 1 aliphatic rings. The number of hydrogen-bond donors (Lipinski definition) is 1. The van der Waals surface area contributed by atoms with Gasteiger partial charge in [0, 0.05) is 18.9 Å². The van der Waals surface area contributed by atoms with Crippen LogP contribution in [0.1, 0.15) is 12.8 Å². The summed E-state index contributed by atoms with van der Waals surface area (Å²) < 4.78 is 5.32. The monoisotopic (exact) mass is 264 g/mol. The van der Waals surface area contributed by atoms with E-state index in [9.17, 15) is 9.59 Å². The Morgan fingerprint density at radius 3 is 2.61 bits per heavy atom. The van der Waals surface area contributed by atoms with Crippen molar-refractivity contribution in [2.45, 2.75) is 12.8 Å². The molecule has 2 amide bonds. The van der Waals surface area contributed by atoms with E-state index in [-0.39, 0.29) is 36.3 Å². The maximum Gasteiger partial charge on any atom is 0.234 e. The first-order valence-corrected chi connectivity index (χ1v) is 5.85. The van der Waals surface area contributed by atoms with Gasteiger partial charge in [0.25, 0.3) is 0 Å². The van der Waals surface area contributed by atoms with Gasteiger partial charge in [-0.2, -0.15) is 0 Å². The molecule has 0 radical (unpaired) electrons. The Hall–Kier alpha value is -1.95. The van der Waals surface area contributed by atoms with Crippen molar-refractivity contribution < 1.29 is 14.3 Å². The predicted molar refractivity (Wildman–Crippen MR) is 70.4 cm³/mol. The summed E-state index contributed by atoms with van der Waals surface area (Å²) in [7, 11) is 0. The lowest BCUT2D eigenvalue weighted by molar-refractivity contribution is -0.121. The Morgan fingerprint density at radius 1 is 1.33 bits per heavy atom. The summed E-state index contributed by atoms with van der Waals surface area (Å²) in [6.07, 6.45) is 0.521. The standard InChI is InChI=1S/C12H12N2O3S/c13-10(18)7-17-9-3-1-2-8(6-9)14-11(15)4-5-12(14)16/h1-3,6H,4-5,7H2,(H2,13,18). The number of hydrogen-bond acceptors (Lipinski definition) is 4. The Balaban J connectivity index is 2.19. The van der Waals surface area contributed by atoms with Gasteiger partial charge in [-0.05, 0) is 12.1 Å². The molecule has 5 nitrogen and oxygen atoms in total. The number of carbonyl (C=O) groups excluding carboxylic acids is 2. The molecule has 1 aromatic rings. The molecule has 1 saturated heterocycles. The highest BCUT2D eigenvalue weighted by Gasteiger charge is 2.30. The number of ether oxygens (including phenoxy) is 1. The molecule has 0 aromatic heterocycles. The first kappa shape index (κ1) is 12.5. The minimum Gasteiger partial charge on any atom is -0.486 e. The third kappa shape index (κ3) is 2.65. The number of thiocarbonyl (C=S) groups is 1. The molecule has 94 valence electrons. The van der Waals surface area contributed by atoms with Gasteiger partial charge in [-0.1, -0.05) is 18.3 Å². The molecule has 0 aliphatic carbocycles. The van der Waals surface area contributed by atoms with Crippen LogP contribution in [0.3, 0.4) is 0 Å². The molecular weight excluding hydrogens is 252 g/mol. The minimum absolute atomic E-state index is 0.126. The van der Waals surface area contributed by atoms with E-state index in [1.165, 1.54) is 4.90 Å². The van der Waals surface area contributed by atoms with Gasteiger partial charge < -0.3 is 10.5 Å². The topological polar surface area (TPSA) is 72.6 Å². The SMILES string of the molecule is NC(=S)COc1cccc(N2C(=O)CCC2=O)c1. The second kappa shape index (κ2) is 5.14. The second-order valence-electron chi connectivity index (χ2n) is 3.88. The number of carbonyl (C=O) groups is 2. The van der Waals surface area contributed by atoms with Crippen LogP contribution in [0.15, 0.2) is 24.3 Å². The van der Waals surface area contributed by atoms with Gasteiger partial charge in [0.05, 0.1) is 5.69 Å². The third-order valence-corrected chi connectivity index (χ3v) is 2.63. The van der Waals surface area contributed by atoms with E-state index in [1.807, 2.05) is 0 Å². The molecule has 2 rings (SSSR count). The molecule has 1 aliphatic heterocycles. The number of rotatable bonds is 4. The van der Waals surface area contributed by atoms with Crippen LogP contribution < -0.4 is 15.4 Å². The molecule has 18 heavy (non-hydrogen) atoms. The van der Waals surface area contributed by atoms with E-state index in [1.54, 1.807) is 24.3 Å². The molecule has 1 fully saturated rings. The van der Waals surface area contributed by atoms with E-state index in [2.05, 4.69) is 0 Å². The maximum atomic E-state index is 11.6. The fourth-order valence-electron chi connectivity index (χ4n) is 1.73. The number of anilines is 1. The van der Waals surface area contributed by atoms with Crippen LogP contribution in [0.2, 0.25) is 0 Å². The Kier molecular flexibility index (Phi) is 3.57. The van der Waals surface area contributed by atoms with Crippen LogP contribution in [-0.2, 0) is 9.59 Å². The zero-order valence-corrected chi connectivity index (χ0v) is 10.4. The van der Waals surface area contributed by atoms with Crippen molar-refractivity contribution in [1.82, 2.24) is 0 Å². The molecule has 0 atom stereocenters. The summed E-state index contributed by atoms with van der Waals surface area (Å²) in [6, 6.07) is 6.74.